The lowest BCUT2D eigenvalue weighted by Gasteiger charge is -2.08. The van der Waals surface area contributed by atoms with Crippen LogP contribution in [0, 0.1) is 10.1 Å². The molecule has 2 heterocycles. The first-order chi connectivity index (χ1) is 12.1. The van der Waals surface area contributed by atoms with Crippen LogP contribution < -0.4 is 11.2 Å². The summed E-state index contributed by atoms with van der Waals surface area (Å²) in [5, 5.41) is 11.2. The van der Waals surface area contributed by atoms with Crippen molar-refractivity contribution in [3.8, 4) is 5.69 Å². The predicted octanol–water partition coefficient (Wildman–Crippen LogP) is 2.92. The third-order valence-corrected chi connectivity index (χ3v) is 4.30. The van der Waals surface area contributed by atoms with Gasteiger partial charge in [-0.1, -0.05) is 0 Å². The Balaban J connectivity index is 2.29. The molecule has 3 rings (SSSR count). The zero-order chi connectivity index (χ0) is 19.2. The van der Waals surface area contributed by atoms with Gasteiger partial charge in [0, 0.05) is 11.5 Å². The summed E-state index contributed by atoms with van der Waals surface area (Å²) in [6.45, 7) is 0. The maximum atomic E-state index is 12.7. The van der Waals surface area contributed by atoms with E-state index >= 15 is 0 Å². The first kappa shape index (κ1) is 17.8. The molecule has 0 saturated heterocycles. The fraction of sp³-hybridized carbons (Fsp3) is 0.143. The van der Waals surface area contributed by atoms with Gasteiger partial charge in [0.05, 0.1) is 15.9 Å². The molecular formula is C14H8F3N3O5S. The molecule has 0 spiro atoms. The van der Waals surface area contributed by atoms with Crippen LogP contribution in [0.3, 0.4) is 0 Å². The summed E-state index contributed by atoms with van der Waals surface area (Å²) in [7, 11) is 0. The minimum atomic E-state index is -4.89. The Morgan fingerprint density at radius 1 is 1.27 bits per heavy atom. The van der Waals surface area contributed by atoms with Crippen molar-refractivity contribution in [3.05, 3.63) is 61.1 Å². The maximum absolute atomic E-state index is 12.7. The fourth-order valence-electron chi connectivity index (χ4n) is 2.39. The normalized spacial score (nSPS) is 11.8. The Hall–Kier alpha value is -3.02. The molecule has 1 N–H and O–H groups in total. The lowest BCUT2D eigenvalue weighted by atomic mass is 10.2. The summed E-state index contributed by atoms with van der Waals surface area (Å²) in [5.74, 6) is 0. The molecule has 0 unspecified atom stereocenters. The van der Waals surface area contributed by atoms with Crippen LogP contribution in [0.15, 0.2) is 43.4 Å². The van der Waals surface area contributed by atoms with E-state index in [2.05, 4.69) is 0 Å². The molecule has 0 saturated carbocycles. The highest BCUT2D eigenvalue weighted by atomic mass is 32.2. The molecule has 136 valence electrons. The van der Waals surface area contributed by atoms with Crippen molar-refractivity contribution < 1.29 is 22.5 Å². The number of nitrogens with zero attached hydrogens (tertiary/aromatic N) is 2. The van der Waals surface area contributed by atoms with Crippen LogP contribution in [0.1, 0.15) is 5.69 Å². The Morgan fingerprint density at radius 3 is 2.50 bits per heavy atom. The number of furan rings is 1. The molecule has 1 aromatic carbocycles. The van der Waals surface area contributed by atoms with Gasteiger partial charge in [-0.2, -0.15) is 13.2 Å². The number of aromatic amines is 1. The van der Waals surface area contributed by atoms with Crippen molar-refractivity contribution in [3.63, 3.8) is 0 Å². The van der Waals surface area contributed by atoms with Crippen LogP contribution in [0.5, 0.6) is 0 Å². The average Bonchev–Trinajstić information content (AvgIpc) is 2.94. The SMILES string of the molecule is CSc1cc2c(-n3c(=O)cc(C(F)(F)F)[nH]c3=O)coc2cc1[N+](=O)[O-]. The molecule has 0 aliphatic carbocycles. The quantitative estimate of drug-likeness (QED) is 0.420. The van der Waals surface area contributed by atoms with Gasteiger partial charge in [-0.25, -0.2) is 9.36 Å². The smallest absolute Gasteiger partial charge is 0.431 e. The highest BCUT2D eigenvalue weighted by Gasteiger charge is 2.33. The summed E-state index contributed by atoms with van der Waals surface area (Å²) in [4.78, 5) is 36.4. The average molecular weight is 387 g/mol. The molecule has 12 heteroatoms. The number of rotatable bonds is 3. The number of nitrogens with one attached hydrogen (secondary N) is 1. The molecule has 0 aliphatic heterocycles. The van der Waals surface area contributed by atoms with Gasteiger partial charge in [-0.05, 0) is 12.3 Å². The highest BCUT2D eigenvalue weighted by molar-refractivity contribution is 7.98. The summed E-state index contributed by atoms with van der Waals surface area (Å²) >= 11 is 1.05. The van der Waals surface area contributed by atoms with Gasteiger partial charge >= 0.3 is 11.9 Å². The van der Waals surface area contributed by atoms with Crippen LogP contribution in [0.25, 0.3) is 16.7 Å². The van der Waals surface area contributed by atoms with Gasteiger partial charge < -0.3 is 9.40 Å². The van der Waals surface area contributed by atoms with Crippen molar-refractivity contribution in [2.75, 3.05) is 6.26 Å². The van der Waals surface area contributed by atoms with E-state index in [1.807, 2.05) is 0 Å². The van der Waals surface area contributed by atoms with Gasteiger partial charge in [-0.3, -0.25) is 14.9 Å². The molecule has 3 aromatic rings. The van der Waals surface area contributed by atoms with Crippen LogP contribution in [-0.2, 0) is 6.18 Å². The third-order valence-electron chi connectivity index (χ3n) is 3.53. The summed E-state index contributed by atoms with van der Waals surface area (Å²) in [5.41, 5.74) is -4.35. The van der Waals surface area contributed by atoms with E-state index in [9.17, 15) is 32.9 Å². The maximum Gasteiger partial charge on any atom is 0.431 e. The minimum Gasteiger partial charge on any atom is -0.462 e. The zero-order valence-corrected chi connectivity index (χ0v) is 13.6. The van der Waals surface area contributed by atoms with Crippen LogP contribution >= 0.6 is 11.8 Å². The van der Waals surface area contributed by atoms with Crippen molar-refractivity contribution >= 4 is 28.4 Å². The number of benzene rings is 1. The first-order valence-corrected chi connectivity index (χ1v) is 8.03. The van der Waals surface area contributed by atoms with E-state index in [4.69, 9.17) is 4.42 Å². The number of aromatic nitrogens is 2. The lowest BCUT2D eigenvalue weighted by molar-refractivity contribution is -0.387. The monoisotopic (exact) mass is 387 g/mol. The molecule has 0 amide bonds. The minimum absolute atomic E-state index is 0.00991. The molecule has 8 nitrogen and oxygen atoms in total. The molecule has 26 heavy (non-hydrogen) atoms. The molecule has 0 atom stereocenters. The number of H-pyrrole nitrogens is 1. The number of thioether (sulfide) groups is 1. The van der Waals surface area contributed by atoms with Crippen molar-refractivity contribution in [1.82, 2.24) is 9.55 Å². The molecule has 0 bridgehead atoms. The summed E-state index contributed by atoms with van der Waals surface area (Å²) in [6, 6.07) is 2.70. The molecule has 2 aromatic heterocycles. The van der Waals surface area contributed by atoms with Crippen LogP contribution in [-0.4, -0.2) is 20.7 Å². The largest absolute Gasteiger partial charge is 0.462 e. The molecule has 0 aliphatic rings. The van der Waals surface area contributed by atoms with Gasteiger partial charge in [0.25, 0.3) is 11.2 Å². The number of nitro groups is 1. The Labute approximate surface area is 145 Å². The number of nitro benzene ring substituents is 1. The Bertz CT molecular complexity index is 1110. The van der Waals surface area contributed by atoms with E-state index in [0.29, 0.717) is 4.57 Å². The Morgan fingerprint density at radius 2 is 1.96 bits per heavy atom. The van der Waals surface area contributed by atoms with Crippen molar-refractivity contribution in [2.45, 2.75) is 11.1 Å². The van der Waals surface area contributed by atoms with E-state index in [0.717, 1.165) is 24.1 Å². The van der Waals surface area contributed by atoms with E-state index < -0.39 is 28.0 Å². The lowest BCUT2D eigenvalue weighted by Crippen LogP contribution is -2.35. The van der Waals surface area contributed by atoms with Crippen LogP contribution in [0.2, 0.25) is 0 Å². The topological polar surface area (TPSA) is 111 Å². The van der Waals surface area contributed by atoms with Crippen molar-refractivity contribution in [2.24, 2.45) is 0 Å². The first-order valence-electron chi connectivity index (χ1n) is 6.81. The standard InChI is InChI=1S/C14H8F3N3O5S/c1-26-10-2-6-8(5-25-9(6)3-7(10)20(23)24)19-12(21)4-11(14(15,16)17)18-13(19)22/h2-5H,1H3,(H,18,22). The Kier molecular flexibility index (Phi) is 4.14. The number of fused-ring (bicyclic) bond motifs is 1. The van der Waals surface area contributed by atoms with Crippen molar-refractivity contribution in [1.29, 1.82) is 0 Å². The number of hydrogen-bond donors (Lipinski definition) is 1. The second-order valence-corrected chi connectivity index (χ2v) is 5.91. The van der Waals surface area contributed by atoms with E-state index in [1.54, 1.807) is 11.2 Å². The molecule has 0 fully saturated rings. The fourth-order valence-corrected chi connectivity index (χ4v) is 2.96. The second kappa shape index (κ2) is 6.05. The summed E-state index contributed by atoms with van der Waals surface area (Å²) < 4.78 is 43.7. The van der Waals surface area contributed by atoms with Gasteiger partial charge in [-0.15, -0.1) is 11.8 Å². The molecule has 0 radical (unpaired) electrons. The highest BCUT2D eigenvalue weighted by Crippen LogP contribution is 2.35. The van der Waals surface area contributed by atoms with Gasteiger partial charge in [0.1, 0.15) is 23.2 Å². The zero-order valence-electron chi connectivity index (χ0n) is 12.8. The summed E-state index contributed by atoms with van der Waals surface area (Å²) in [6.07, 6.45) is -2.32. The van der Waals surface area contributed by atoms with E-state index in [1.165, 1.54) is 6.07 Å². The van der Waals surface area contributed by atoms with Gasteiger partial charge in [0.15, 0.2) is 0 Å². The van der Waals surface area contributed by atoms with Gasteiger partial charge in [0.2, 0.25) is 0 Å². The third kappa shape index (κ3) is 2.87. The number of halogens is 3. The number of alkyl halides is 3. The predicted molar refractivity (Wildman–Crippen MR) is 85.9 cm³/mol. The van der Waals surface area contributed by atoms with Crippen LogP contribution in [0.4, 0.5) is 18.9 Å². The molecular weight excluding hydrogens is 379 g/mol. The number of hydrogen-bond acceptors (Lipinski definition) is 6. The second-order valence-electron chi connectivity index (χ2n) is 5.06. The van der Waals surface area contributed by atoms with E-state index in [-0.39, 0.29) is 33.3 Å².